The van der Waals surface area contributed by atoms with Gasteiger partial charge in [0.05, 0.1) is 0 Å². The highest BCUT2D eigenvalue weighted by Gasteiger charge is 2.11. The average Bonchev–Trinajstić information content (AvgIpc) is 2.58. The third-order valence-electron chi connectivity index (χ3n) is 4.17. The molecular formula is C20H23ClN2O2. The van der Waals surface area contributed by atoms with Gasteiger partial charge in [0.2, 0.25) is 5.91 Å². The van der Waals surface area contributed by atoms with Crippen LogP contribution in [0.1, 0.15) is 34.0 Å². The lowest BCUT2D eigenvalue weighted by Crippen LogP contribution is -2.37. The topological polar surface area (TPSA) is 49.4 Å². The summed E-state index contributed by atoms with van der Waals surface area (Å²) in [6.07, 6.45) is 0. The Bertz CT molecular complexity index is 757. The highest BCUT2D eigenvalue weighted by atomic mass is 35.5. The van der Waals surface area contributed by atoms with E-state index in [4.69, 9.17) is 11.6 Å². The van der Waals surface area contributed by atoms with Crippen LogP contribution in [0.25, 0.3) is 0 Å². The van der Waals surface area contributed by atoms with Gasteiger partial charge in [0.25, 0.3) is 5.91 Å². The van der Waals surface area contributed by atoms with Crippen molar-refractivity contribution in [1.82, 2.24) is 10.2 Å². The Hall–Kier alpha value is -2.33. The molecule has 0 aliphatic rings. The van der Waals surface area contributed by atoms with E-state index in [2.05, 4.69) is 5.32 Å². The summed E-state index contributed by atoms with van der Waals surface area (Å²) >= 11 is 5.88. The standard InChI is InChI=1S/C20H23ClN2O2/c1-14-4-7-18(12-15(14)2)20(25)22-10-11-23(16(3)24)13-17-5-8-19(21)9-6-17/h4-9,12H,10-11,13H2,1-3H3,(H,22,25). The molecule has 5 heteroatoms. The minimum Gasteiger partial charge on any atom is -0.350 e. The highest BCUT2D eigenvalue weighted by Crippen LogP contribution is 2.12. The molecule has 2 rings (SSSR count). The number of carbonyl (C=O) groups is 2. The van der Waals surface area contributed by atoms with Crippen molar-refractivity contribution < 1.29 is 9.59 Å². The monoisotopic (exact) mass is 358 g/mol. The molecule has 0 atom stereocenters. The third kappa shape index (κ3) is 5.61. The van der Waals surface area contributed by atoms with Crippen molar-refractivity contribution in [1.29, 1.82) is 0 Å². The van der Waals surface area contributed by atoms with E-state index >= 15 is 0 Å². The van der Waals surface area contributed by atoms with Gasteiger partial charge in [-0.3, -0.25) is 9.59 Å². The smallest absolute Gasteiger partial charge is 0.251 e. The number of rotatable bonds is 6. The lowest BCUT2D eigenvalue weighted by atomic mass is 10.1. The average molecular weight is 359 g/mol. The fourth-order valence-corrected chi connectivity index (χ4v) is 2.57. The number of nitrogens with one attached hydrogen (secondary N) is 1. The van der Waals surface area contributed by atoms with Crippen molar-refractivity contribution in [3.8, 4) is 0 Å². The maximum Gasteiger partial charge on any atom is 0.251 e. The van der Waals surface area contributed by atoms with E-state index in [-0.39, 0.29) is 11.8 Å². The largest absolute Gasteiger partial charge is 0.350 e. The molecule has 2 aromatic rings. The Kier molecular flexibility index (Phi) is 6.59. The van der Waals surface area contributed by atoms with E-state index < -0.39 is 0 Å². The number of aryl methyl sites for hydroxylation is 2. The molecular weight excluding hydrogens is 336 g/mol. The van der Waals surface area contributed by atoms with E-state index in [0.717, 1.165) is 16.7 Å². The first-order valence-electron chi connectivity index (χ1n) is 8.22. The first kappa shape index (κ1) is 19.0. The summed E-state index contributed by atoms with van der Waals surface area (Å²) in [5.74, 6) is -0.159. The number of nitrogens with zero attached hydrogens (tertiary/aromatic N) is 1. The second kappa shape index (κ2) is 8.67. The van der Waals surface area contributed by atoms with Gasteiger partial charge in [0.1, 0.15) is 0 Å². The van der Waals surface area contributed by atoms with Gasteiger partial charge in [0.15, 0.2) is 0 Å². The molecule has 0 saturated carbocycles. The van der Waals surface area contributed by atoms with Crippen LogP contribution in [0.4, 0.5) is 0 Å². The van der Waals surface area contributed by atoms with Gasteiger partial charge in [-0.2, -0.15) is 0 Å². The van der Waals surface area contributed by atoms with Crippen LogP contribution >= 0.6 is 11.6 Å². The van der Waals surface area contributed by atoms with Crippen molar-refractivity contribution in [3.05, 3.63) is 69.7 Å². The summed E-state index contributed by atoms with van der Waals surface area (Å²) in [7, 11) is 0. The van der Waals surface area contributed by atoms with Gasteiger partial charge >= 0.3 is 0 Å². The molecule has 4 nitrogen and oxygen atoms in total. The molecule has 2 aromatic carbocycles. The number of amides is 2. The molecule has 0 bridgehead atoms. The number of halogens is 1. The molecule has 132 valence electrons. The molecule has 0 spiro atoms. The number of hydrogen-bond acceptors (Lipinski definition) is 2. The third-order valence-corrected chi connectivity index (χ3v) is 4.42. The van der Waals surface area contributed by atoms with E-state index in [1.165, 1.54) is 6.92 Å². The van der Waals surface area contributed by atoms with Crippen LogP contribution < -0.4 is 5.32 Å². The van der Waals surface area contributed by atoms with Gasteiger partial charge in [-0.25, -0.2) is 0 Å². The Morgan fingerprint density at radius 3 is 2.32 bits per heavy atom. The predicted octanol–water partition coefficient (Wildman–Crippen LogP) is 3.74. The second-order valence-corrected chi connectivity index (χ2v) is 6.56. The Balaban J connectivity index is 1.90. The first-order valence-corrected chi connectivity index (χ1v) is 8.60. The summed E-state index contributed by atoms with van der Waals surface area (Å²) in [5, 5.41) is 3.54. The molecule has 2 amide bonds. The van der Waals surface area contributed by atoms with Crippen LogP contribution in [0.15, 0.2) is 42.5 Å². The van der Waals surface area contributed by atoms with Crippen LogP contribution in [0.3, 0.4) is 0 Å². The van der Waals surface area contributed by atoms with Crippen molar-refractivity contribution in [2.75, 3.05) is 13.1 Å². The van der Waals surface area contributed by atoms with E-state index in [0.29, 0.717) is 30.2 Å². The first-order chi connectivity index (χ1) is 11.9. The van der Waals surface area contributed by atoms with Gasteiger partial charge < -0.3 is 10.2 Å². The Labute approximate surface area is 153 Å². The van der Waals surface area contributed by atoms with Crippen LogP contribution in [-0.2, 0) is 11.3 Å². The summed E-state index contributed by atoms with van der Waals surface area (Å²) in [5.41, 5.74) is 3.87. The minimum atomic E-state index is -0.127. The van der Waals surface area contributed by atoms with Crippen molar-refractivity contribution in [2.24, 2.45) is 0 Å². The van der Waals surface area contributed by atoms with Crippen LogP contribution in [0.2, 0.25) is 5.02 Å². The molecule has 0 heterocycles. The Morgan fingerprint density at radius 2 is 1.72 bits per heavy atom. The zero-order chi connectivity index (χ0) is 18.4. The maximum absolute atomic E-state index is 12.2. The zero-order valence-corrected chi connectivity index (χ0v) is 15.6. The van der Waals surface area contributed by atoms with Gasteiger partial charge in [0, 0.05) is 37.1 Å². The van der Waals surface area contributed by atoms with E-state index in [1.54, 1.807) is 17.0 Å². The fraction of sp³-hybridized carbons (Fsp3) is 0.300. The molecule has 1 N–H and O–H groups in total. The molecule has 0 fully saturated rings. The predicted molar refractivity (Wildman–Crippen MR) is 101 cm³/mol. The molecule has 0 aliphatic heterocycles. The van der Waals surface area contributed by atoms with Crippen molar-refractivity contribution >= 4 is 23.4 Å². The van der Waals surface area contributed by atoms with Crippen molar-refractivity contribution in [2.45, 2.75) is 27.3 Å². The maximum atomic E-state index is 12.2. The lowest BCUT2D eigenvalue weighted by molar-refractivity contribution is -0.129. The molecule has 25 heavy (non-hydrogen) atoms. The molecule has 0 saturated heterocycles. The van der Waals surface area contributed by atoms with Crippen LogP contribution in [0, 0.1) is 13.8 Å². The second-order valence-electron chi connectivity index (χ2n) is 6.12. The number of benzene rings is 2. The minimum absolute atomic E-state index is 0.0321. The van der Waals surface area contributed by atoms with Crippen LogP contribution in [-0.4, -0.2) is 29.8 Å². The summed E-state index contributed by atoms with van der Waals surface area (Å²) < 4.78 is 0. The summed E-state index contributed by atoms with van der Waals surface area (Å²) in [6, 6.07) is 13.0. The summed E-state index contributed by atoms with van der Waals surface area (Å²) in [6.45, 7) is 6.87. The molecule has 0 aliphatic carbocycles. The number of hydrogen-bond donors (Lipinski definition) is 1. The zero-order valence-electron chi connectivity index (χ0n) is 14.8. The van der Waals surface area contributed by atoms with E-state index in [9.17, 15) is 9.59 Å². The molecule has 0 unspecified atom stereocenters. The highest BCUT2D eigenvalue weighted by molar-refractivity contribution is 6.30. The number of carbonyl (C=O) groups excluding carboxylic acids is 2. The van der Waals surface area contributed by atoms with Gasteiger partial charge in [-0.05, 0) is 54.8 Å². The van der Waals surface area contributed by atoms with Crippen LogP contribution in [0.5, 0.6) is 0 Å². The molecule has 0 aromatic heterocycles. The SMILES string of the molecule is CC(=O)N(CCNC(=O)c1ccc(C)c(C)c1)Cc1ccc(Cl)cc1. The fourth-order valence-electron chi connectivity index (χ4n) is 2.45. The van der Waals surface area contributed by atoms with Crippen molar-refractivity contribution in [3.63, 3.8) is 0 Å². The van der Waals surface area contributed by atoms with Gasteiger partial charge in [-0.15, -0.1) is 0 Å². The Morgan fingerprint density at radius 1 is 1.04 bits per heavy atom. The normalized spacial score (nSPS) is 10.4. The quantitative estimate of drug-likeness (QED) is 0.855. The lowest BCUT2D eigenvalue weighted by Gasteiger charge is -2.21. The van der Waals surface area contributed by atoms with Gasteiger partial charge in [-0.1, -0.05) is 29.8 Å². The summed E-state index contributed by atoms with van der Waals surface area (Å²) in [4.78, 5) is 25.8. The molecule has 0 radical (unpaired) electrons. The van der Waals surface area contributed by atoms with E-state index in [1.807, 2.05) is 44.2 Å².